The van der Waals surface area contributed by atoms with Crippen molar-refractivity contribution in [3.8, 4) is 0 Å². The van der Waals surface area contributed by atoms with E-state index in [1.807, 2.05) is 32.0 Å². The number of hydrogen-bond donors (Lipinski definition) is 1. The fourth-order valence-corrected chi connectivity index (χ4v) is 2.74. The van der Waals surface area contributed by atoms with Gasteiger partial charge in [-0.05, 0) is 56.2 Å². The largest absolute Gasteiger partial charge is 0.467 e. The van der Waals surface area contributed by atoms with E-state index in [-0.39, 0.29) is 18.2 Å². The minimum Gasteiger partial charge on any atom is -0.467 e. The maximum Gasteiger partial charge on any atom is 0.317 e. The zero-order chi connectivity index (χ0) is 17.5. The highest BCUT2D eigenvalue weighted by atomic mass is 32.2. The summed E-state index contributed by atoms with van der Waals surface area (Å²) < 4.78 is 10.3. The molecular formula is C18H21NO4S. The fourth-order valence-electron chi connectivity index (χ4n) is 1.96. The normalized spacial score (nSPS) is 11.8. The first-order valence-electron chi connectivity index (χ1n) is 7.65. The second-order valence-corrected chi connectivity index (χ2v) is 6.51. The molecule has 0 spiro atoms. The predicted octanol–water partition coefficient (Wildman–Crippen LogP) is 3.24. The molecule has 0 bridgehead atoms. The number of thioether (sulfide) groups is 1. The van der Waals surface area contributed by atoms with Crippen molar-refractivity contribution in [1.82, 2.24) is 5.32 Å². The molecule has 2 aromatic rings. The Bertz CT molecular complexity index is 697. The molecule has 0 aliphatic carbocycles. The molecule has 1 aromatic carbocycles. The van der Waals surface area contributed by atoms with Crippen LogP contribution in [0.4, 0.5) is 0 Å². The summed E-state index contributed by atoms with van der Waals surface area (Å²) in [5.41, 5.74) is 2.39. The highest BCUT2D eigenvalue weighted by molar-refractivity contribution is 8.00. The van der Waals surface area contributed by atoms with Gasteiger partial charge in [0.15, 0.2) is 6.10 Å². The van der Waals surface area contributed by atoms with Crippen molar-refractivity contribution in [3.05, 3.63) is 53.5 Å². The lowest BCUT2D eigenvalue weighted by Gasteiger charge is -2.13. The summed E-state index contributed by atoms with van der Waals surface area (Å²) in [5, 5.41) is 2.66. The van der Waals surface area contributed by atoms with Gasteiger partial charge in [0.1, 0.15) is 5.76 Å². The number of aryl methyl sites for hydroxylation is 2. The summed E-state index contributed by atoms with van der Waals surface area (Å²) in [6, 6.07) is 9.53. The van der Waals surface area contributed by atoms with Gasteiger partial charge in [-0.2, -0.15) is 0 Å². The number of esters is 1. The van der Waals surface area contributed by atoms with Gasteiger partial charge in [0.2, 0.25) is 0 Å². The molecule has 0 saturated carbocycles. The van der Waals surface area contributed by atoms with Crippen molar-refractivity contribution in [2.75, 3.05) is 5.75 Å². The molecule has 1 amide bonds. The van der Waals surface area contributed by atoms with Gasteiger partial charge in [0.25, 0.3) is 5.91 Å². The number of benzene rings is 1. The molecule has 0 aliphatic heterocycles. The summed E-state index contributed by atoms with van der Waals surface area (Å²) in [4.78, 5) is 24.8. The molecule has 1 aromatic heterocycles. The van der Waals surface area contributed by atoms with Crippen LogP contribution in [0.1, 0.15) is 23.8 Å². The molecule has 24 heavy (non-hydrogen) atoms. The molecule has 1 N–H and O–H groups in total. The maximum atomic E-state index is 11.9. The van der Waals surface area contributed by atoms with Crippen LogP contribution in [0.15, 0.2) is 45.9 Å². The van der Waals surface area contributed by atoms with Gasteiger partial charge < -0.3 is 14.5 Å². The summed E-state index contributed by atoms with van der Waals surface area (Å²) in [7, 11) is 0. The van der Waals surface area contributed by atoms with Gasteiger partial charge in [-0.3, -0.25) is 9.59 Å². The monoisotopic (exact) mass is 347 g/mol. The molecule has 2 rings (SSSR count). The third kappa shape index (κ3) is 5.45. The summed E-state index contributed by atoms with van der Waals surface area (Å²) >= 11 is 1.40. The summed E-state index contributed by atoms with van der Waals surface area (Å²) in [6.45, 7) is 5.89. The Balaban J connectivity index is 1.74. The highest BCUT2D eigenvalue weighted by Crippen LogP contribution is 2.21. The molecule has 6 heteroatoms. The van der Waals surface area contributed by atoms with Crippen LogP contribution in [-0.4, -0.2) is 23.7 Å². The smallest absolute Gasteiger partial charge is 0.317 e. The van der Waals surface area contributed by atoms with Gasteiger partial charge in [0, 0.05) is 4.90 Å². The van der Waals surface area contributed by atoms with Crippen LogP contribution in [0.3, 0.4) is 0 Å². The SMILES string of the molecule is Cc1ccc(SCC(=O)O[C@H](C)C(=O)NCc2ccco2)cc1C. The number of amides is 1. The molecule has 128 valence electrons. The van der Waals surface area contributed by atoms with Crippen molar-refractivity contribution in [1.29, 1.82) is 0 Å². The average molecular weight is 347 g/mol. The zero-order valence-electron chi connectivity index (χ0n) is 14.0. The highest BCUT2D eigenvalue weighted by Gasteiger charge is 2.18. The molecule has 0 aliphatic rings. The lowest BCUT2D eigenvalue weighted by molar-refractivity contribution is -0.152. The average Bonchev–Trinajstić information content (AvgIpc) is 3.07. The summed E-state index contributed by atoms with van der Waals surface area (Å²) in [5.74, 6) is 0.0418. The molecule has 0 saturated heterocycles. The van der Waals surface area contributed by atoms with Gasteiger partial charge in [-0.25, -0.2) is 0 Å². The zero-order valence-corrected chi connectivity index (χ0v) is 14.8. The Morgan fingerprint density at radius 3 is 2.71 bits per heavy atom. The van der Waals surface area contributed by atoms with Crippen LogP contribution in [-0.2, 0) is 20.9 Å². The Morgan fingerprint density at radius 2 is 2.04 bits per heavy atom. The lowest BCUT2D eigenvalue weighted by atomic mass is 10.1. The second-order valence-electron chi connectivity index (χ2n) is 5.46. The van der Waals surface area contributed by atoms with Crippen molar-refractivity contribution >= 4 is 23.6 Å². The molecule has 5 nitrogen and oxygen atoms in total. The van der Waals surface area contributed by atoms with Crippen LogP contribution in [0.5, 0.6) is 0 Å². The number of furan rings is 1. The third-order valence-electron chi connectivity index (χ3n) is 3.53. The van der Waals surface area contributed by atoms with E-state index in [1.54, 1.807) is 19.1 Å². The van der Waals surface area contributed by atoms with Crippen molar-refractivity contribution in [2.45, 2.75) is 38.3 Å². The topological polar surface area (TPSA) is 68.5 Å². The van der Waals surface area contributed by atoms with E-state index in [9.17, 15) is 9.59 Å². The predicted molar refractivity (Wildman–Crippen MR) is 92.7 cm³/mol. The van der Waals surface area contributed by atoms with E-state index >= 15 is 0 Å². The Morgan fingerprint density at radius 1 is 1.25 bits per heavy atom. The maximum absolute atomic E-state index is 11.9. The van der Waals surface area contributed by atoms with Gasteiger partial charge >= 0.3 is 5.97 Å². The Labute approximate surface area is 145 Å². The summed E-state index contributed by atoms with van der Waals surface area (Å²) in [6.07, 6.45) is 0.697. The Kier molecular flexibility index (Phi) is 6.49. The quantitative estimate of drug-likeness (QED) is 0.615. The lowest BCUT2D eigenvalue weighted by Crippen LogP contribution is -2.35. The molecule has 0 radical (unpaired) electrons. The first kappa shape index (κ1) is 18.1. The molecular weight excluding hydrogens is 326 g/mol. The molecule has 0 fully saturated rings. The molecule has 1 heterocycles. The van der Waals surface area contributed by atoms with E-state index in [0.717, 1.165) is 4.90 Å². The van der Waals surface area contributed by atoms with Gasteiger partial charge in [-0.15, -0.1) is 11.8 Å². The number of carbonyl (C=O) groups excluding carboxylic acids is 2. The minimum atomic E-state index is -0.840. The first-order chi connectivity index (χ1) is 11.5. The van der Waals surface area contributed by atoms with E-state index in [4.69, 9.17) is 9.15 Å². The van der Waals surface area contributed by atoms with Crippen LogP contribution in [0.2, 0.25) is 0 Å². The van der Waals surface area contributed by atoms with E-state index in [2.05, 4.69) is 5.32 Å². The van der Waals surface area contributed by atoms with E-state index in [0.29, 0.717) is 5.76 Å². The number of rotatable bonds is 7. The number of carbonyl (C=O) groups is 2. The Hall–Kier alpha value is -2.21. The molecule has 1 atom stereocenters. The number of ether oxygens (including phenoxy) is 1. The van der Waals surface area contributed by atoms with Crippen molar-refractivity contribution < 1.29 is 18.7 Å². The van der Waals surface area contributed by atoms with E-state index < -0.39 is 12.1 Å². The third-order valence-corrected chi connectivity index (χ3v) is 4.50. The van der Waals surface area contributed by atoms with E-state index in [1.165, 1.54) is 29.2 Å². The number of nitrogens with one attached hydrogen (secondary N) is 1. The number of hydrogen-bond acceptors (Lipinski definition) is 5. The van der Waals surface area contributed by atoms with Crippen LogP contribution < -0.4 is 5.32 Å². The molecule has 0 unspecified atom stereocenters. The van der Waals surface area contributed by atoms with Gasteiger partial charge in [-0.1, -0.05) is 6.07 Å². The fraction of sp³-hybridized carbons (Fsp3) is 0.333. The standard InChI is InChI=1S/C18H21NO4S/c1-12-6-7-16(9-13(12)2)24-11-17(20)23-14(3)18(21)19-10-15-5-4-8-22-15/h4-9,14H,10-11H2,1-3H3,(H,19,21)/t14-/m1/s1. The van der Waals surface area contributed by atoms with Crippen LogP contribution in [0.25, 0.3) is 0 Å². The van der Waals surface area contributed by atoms with Crippen LogP contribution in [0, 0.1) is 13.8 Å². The first-order valence-corrected chi connectivity index (χ1v) is 8.64. The minimum absolute atomic E-state index is 0.165. The van der Waals surface area contributed by atoms with Crippen molar-refractivity contribution in [3.63, 3.8) is 0 Å². The van der Waals surface area contributed by atoms with Crippen LogP contribution >= 0.6 is 11.8 Å². The second kappa shape index (κ2) is 8.59. The van der Waals surface area contributed by atoms with Gasteiger partial charge in [0.05, 0.1) is 18.6 Å². The van der Waals surface area contributed by atoms with Crippen molar-refractivity contribution in [2.24, 2.45) is 0 Å².